The third kappa shape index (κ3) is 32.4. The van der Waals surface area contributed by atoms with Crippen molar-refractivity contribution in [2.75, 3.05) is 54.5 Å². The van der Waals surface area contributed by atoms with Crippen LogP contribution in [0.2, 0.25) is 0 Å². The molecule has 128 valence electrons. The van der Waals surface area contributed by atoms with E-state index < -0.39 is 24.5 Å². The average molecular weight is 312 g/mol. The highest BCUT2D eigenvalue weighted by Gasteiger charge is 2.16. The van der Waals surface area contributed by atoms with Crippen LogP contribution >= 0.6 is 0 Å². The Morgan fingerprint density at radius 2 is 1.24 bits per heavy atom. The van der Waals surface area contributed by atoms with Crippen molar-refractivity contribution in [1.29, 1.82) is 0 Å². The number of aliphatic carboxylic acids is 2. The van der Waals surface area contributed by atoms with Crippen LogP contribution in [0.3, 0.4) is 0 Å². The second-order valence-electron chi connectivity index (χ2n) is 4.51. The van der Waals surface area contributed by atoms with Gasteiger partial charge in [-0.05, 0) is 28.2 Å². The molecule has 0 rings (SSSR count). The lowest BCUT2D eigenvalue weighted by Crippen LogP contribution is -2.22. The molecule has 5 N–H and O–H groups in total. The third-order valence-electron chi connectivity index (χ3n) is 1.75. The van der Waals surface area contributed by atoms with Crippen molar-refractivity contribution < 1.29 is 35.1 Å². The van der Waals surface area contributed by atoms with E-state index in [2.05, 4.69) is 0 Å². The number of aliphatic hydroxyl groups is 3. The Kier molecular flexibility index (Phi) is 19.8. The Balaban J connectivity index is -0.000000240. The summed E-state index contributed by atoms with van der Waals surface area (Å²) in [5.41, 5.74) is 0. The van der Waals surface area contributed by atoms with Crippen molar-refractivity contribution in [3.05, 3.63) is 0 Å². The Morgan fingerprint density at radius 3 is 1.29 bits per heavy atom. The summed E-state index contributed by atoms with van der Waals surface area (Å²) >= 11 is 0. The number of hydrogen-bond acceptors (Lipinski definition) is 7. The van der Waals surface area contributed by atoms with E-state index in [0.717, 1.165) is 13.1 Å². The number of carboxylic acids is 2. The smallest absolute Gasteiger partial charge is 0.333 e. The summed E-state index contributed by atoms with van der Waals surface area (Å²) < 4.78 is 0. The molecule has 0 fully saturated rings. The Labute approximate surface area is 125 Å². The molecule has 0 heterocycles. The predicted octanol–water partition coefficient (Wildman–Crippen LogP) is -2.01. The van der Waals surface area contributed by atoms with Gasteiger partial charge in [-0.15, -0.1) is 0 Å². The molecule has 0 aromatic carbocycles. The maximum Gasteiger partial charge on any atom is 0.333 e. The molecule has 9 nitrogen and oxygen atoms in total. The number of nitrogens with zero attached hydrogens (tertiary/aromatic N) is 2. The lowest BCUT2D eigenvalue weighted by atomic mass is 10.3. The Bertz CT molecular complexity index is 250. The van der Waals surface area contributed by atoms with Crippen LogP contribution in [0.1, 0.15) is 6.42 Å². The summed E-state index contributed by atoms with van der Waals surface area (Å²) in [7, 11) is 7.71. The summed E-state index contributed by atoms with van der Waals surface area (Å²) in [6.45, 7) is 2.04. The van der Waals surface area contributed by atoms with Gasteiger partial charge < -0.3 is 35.3 Å². The summed E-state index contributed by atoms with van der Waals surface area (Å²) in [6, 6.07) is 0. The highest BCUT2D eigenvalue weighted by Crippen LogP contribution is 1.89. The van der Waals surface area contributed by atoms with Crippen LogP contribution in [-0.2, 0) is 9.59 Å². The van der Waals surface area contributed by atoms with Gasteiger partial charge in [0.1, 0.15) is 0 Å². The highest BCUT2D eigenvalue weighted by atomic mass is 16.4. The van der Waals surface area contributed by atoms with Gasteiger partial charge in [0.2, 0.25) is 0 Å². The molecule has 1 atom stereocenters. The molecule has 0 aliphatic heterocycles. The minimum atomic E-state index is -1.79. The fourth-order valence-corrected chi connectivity index (χ4v) is 0.653. The van der Waals surface area contributed by atoms with E-state index in [4.69, 9.17) is 25.5 Å². The van der Waals surface area contributed by atoms with Crippen LogP contribution < -0.4 is 0 Å². The van der Waals surface area contributed by atoms with E-state index in [1.807, 2.05) is 38.0 Å². The van der Waals surface area contributed by atoms with Gasteiger partial charge in [-0.2, -0.15) is 0 Å². The van der Waals surface area contributed by atoms with Crippen molar-refractivity contribution in [2.24, 2.45) is 0 Å². The third-order valence-corrected chi connectivity index (χ3v) is 1.75. The first-order valence-corrected chi connectivity index (χ1v) is 6.22. The fraction of sp³-hybridized carbons (Fsp3) is 0.833. The molecule has 0 spiro atoms. The Hall–Kier alpha value is -1.26. The van der Waals surface area contributed by atoms with E-state index in [1.54, 1.807) is 0 Å². The molecule has 9 heteroatoms. The molecule has 0 radical (unpaired) electrons. The number of likely N-dealkylation sites (N-methyl/N-ethyl adjacent to an activating group) is 2. The summed E-state index contributed by atoms with van der Waals surface area (Å²) in [5, 5.41) is 40.5. The monoisotopic (exact) mass is 312 g/mol. The number of rotatable bonds is 7. The van der Waals surface area contributed by atoms with Crippen LogP contribution in [0.4, 0.5) is 0 Å². The molecule has 0 saturated heterocycles. The lowest BCUT2D eigenvalue weighted by molar-refractivity contribution is -0.152. The van der Waals surface area contributed by atoms with Crippen LogP contribution in [0.15, 0.2) is 0 Å². The van der Waals surface area contributed by atoms with Crippen LogP contribution in [0.5, 0.6) is 0 Å². The topological polar surface area (TPSA) is 142 Å². The number of aliphatic hydroxyl groups excluding tert-OH is 3. The standard InChI is InChI=1S/2C4H11NO.C4H6O5/c2*1-5(2)3-4-6;5-2(4(8)9)1-3(6)7/h2*6H,3-4H2,1-2H3;2,5H,1H2,(H,6,7)(H,8,9). The molecule has 0 aliphatic rings. The van der Waals surface area contributed by atoms with Gasteiger partial charge in [-0.25, -0.2) is 4.79 Å². The molecular weight excluding hydrogens is 284 g/mol. The number of hydrogen-bond donors (Lipinski definition) is 5. The van der Waals surface area contributed by atoms with E-state index in [0.29, 0.717) is 0 Å². The molecule has 0 aromatic rings. The zero-order valence-corrected chi connectivity index (χ0v) is 13.1. The van der Waals surface area contributed by atoms with Gasteiger partial charge in [0, 0.05) is 13.1 Å². The largest absolute Gasteiger partial charge is 0.481 e. The minimum Gasteiger partial charge on any atom is -0.481 e. The second kappa shape index (κ2) is 16.8. The predicted molar refractivity (Wildman–Crippen MR) is 77.2 cm³/mol. The van der Waals surface area contributed by atoms with Gasteiger partial charge in [-0.1, -0.05) is 0 Å². The fourth-order valence-electron chi connectivity index (χ4n) is 0.653. The summed E-state index contributed by atoms with van der Waals surface area (Å²) in [4.78, 5) is 23.3. The molecule has 0 bridgehead atoms. The molecule has 0 amide bonds. The van der Waals surface area contributed by atoms with Gasteiger partial charge in [0.05, 0.1) is 19.6 Å². The van der Waals surface area contributed by atoms with E-state index in [1.165, 1.54) is 0 Å². The van der Waals surface area contributed by atoms with Crippen molar-refractivity contribution in [2.45, 2.75) is 12.5 Å². The number of carboxylic acid groups (broad SMARTS) is 2. The summed E-state index contributed by atoms with van der Waals surface area (Å²) in [6.07, 6.45) is -2.54. The molecule has 0 saturated carbocycles. The van der Waals surface area contributed by atoms with Crippen LogP contribution in [-0.4, -0.2) is 108 Å². The molecule has 21 heavy (non-hydrogen) atoms. The Morgan fingerprint density at radius 1 is 0.905 bits per heavy atom. The van der Waals surface area contributed by atoms with Crippen molar-refractivity contribution >= 4 is 11.9 Å². The first-order chi connectivity index (χ1) is 9.58. The van der Waals surface area contributed by atoms with Crippen LogP contribution in [0, 0.1) is 0 Å². The quantitative estimate of drug-likeness (QED) is 0.360. The molecule has 0 aromatic heterocycles. The SMILES string of the molecule is CN(C)CCO.CN(C)CCO.O=C(O)CC(O)C(=O)O. The van der Waals surface area contributed by atoms with E-state index >= 15 is 0 Å². The first kappa shape index (κ1) is 24.7. The van der Waals surface area contributed by atoms with E-state index in [9.17, 15) is 9.59 Å². The molecule has 0 aliphatic carbocycles. The minimum absolute atomic E-state index is 0.257. The average Bonchev–Trinajstić information content (AvgIpc) is 2.28. The van der Waals surface area contributed by atoms with Gasteiger partial charge in [0.25, 0.3) is 0 Å². The van der Waals surface area contributed by atoms with Crippen molar-refractivity contribution in [1.82, 2.24) is 9.80 Å². The first-order valence-electron chi connectivity index (χ1n) is 6.22. The zero-order chi connectivity index (χ0) is 17.4. The molecule has 1 unspecified atom stereocenters. The van der Waals surface area contributed by atoms with Gasteiger partial charge in [0.15, 0.2) is 6.10 Å². The van der Waals surface area contributed by atoms with Gasteiger partial charge >= 0.3 is 11.9 Å². The van der Waals surface area contributed by atoms with E-state index in [-0.39, 0.29) is 13.2 Å². The molecular formula is C12H28N2O7. The lowest BCUT2D eigenvalue weighted by Gasteiger charge is -2.03. The van der Waals surface area contributed by atoms with Crippen molar-refractivity contribution in [3.63, 3.8) is 0 Å². The van der Waals surface area contributed by atoms with Gasteiger partial charge in [-0.3, -0.25) is 4.79 Å². The normalized spacial score (nSPS) is 11.1. The second-order valence-corrected chi connectivity index (χ2v) is 4.51. The maximum atomic E-state index is 9.72. The van der Waals surface area contributed by atoms with Crippen LogP contribution in [0.25, 0.3) is 0 Å². The highest BCUT2D eigenvalue weighted by molar-refractivity contribution is 5.79. The number of carbonyl (C=O) groups is 2. The van der Waals surface area contributed by atoms with Crippen molar-refractivity contribution in [3.8, 4) is 0 Å². The zero-order valence-electron chi connectivity index (χ0n) is 13.1. The maximum absolute atomic E-state index is 9.72. The summed E-state index contributed by atoms with van der Waals surface area (Å²) in [5.74, 6) is -2.85.